The number of nitrogens with one attached hydrogen (secondary N) is 2. The summed E-state index contributed by atoms with van der Waals surface area (Å²) in [6.45, 7) is 3.99. The molecule has 2 aromatic rings. The summed E-state index contributed by atoms with van der Waals surface area (Å²) in [6.07, 6.45) is -4.90. The lowest BCUT2D eigenvalue weighted by Gasteiger charge is -2.37. The molecule has 0 spiro atoms. The quantitative estimate of drug-likeness (QED) is 0.558. The lowest BCUT2D eigenvalue weighted by atomic mass is 10.2. The van der Waals surface area contributed by atoms with Crippen LogP contribution in [0.2, 0.25) is 5.02 Å². The molecule has 0 aliphatic carbocycles. The van der Waals surface area contributed by atoms with E-state index in [1.807, 2.05) is 18.7 Å². The van der Waals surface area contributed by atoms with E-state index in [9.17, 15) is 22.8 Å². The van der Waals surface area contributed by atoms with Crippen LogP contribution < -0.4 is 20.3 Å². The first-order chi connectivity index (χ1) is 16.4. The standard InChI is InChI=1S/C23H24ClF3N4O3S/c1-14(2)34-17-6-3-15(4-7-17)20(32)29-22(35)28-18-13-16(24)5-8-19(18)30-9-11-31(12-10-30)21(33)23(25,26)27/h3-8,13-14H,9-12H2,1-2H3,(H2,28,29,32,35). The number of thiocarbonyl (C=S) groups is 1. The van der Waals surface area contributed by atoms with Crippen molar-refractivity contribution in [2.24, 2.45) is 0 Å². The van der Waals surface area contributed by atoms with Gasteiger partial charge in [-0.25, -0.2) is 0 Å². The Morgan fingerprint density at radius 2 is 1.69 bits per heavy atom. The van der Waals surface area contributed by atoms with Crippen LogP contribution in [0, 0.1) is 0 Å². The van der Waals surface area contributed by atoms with E-state index in [1.54, 1.807) is 42.5 Å². The molecular weight excluding hydrogens is 505 g/mol. The van der Waals surface area contributed by atoms with Gasteiger partial charge in [0.1, 0.15) is 5.75 Å². The molecule has 3 rings (SSSR count). The highest BCUT2D eigenvalue weighted by atomic mass is 35.5. The van der Waals surface area contributed by atoms with Gasteiger partial charge in [0.25, 0.3) is 5.91 Å². The van der Waals surface area contributed by atoms with E-state index in [-0.39, 0.29) is 37.4 Å². The van der Waals surface area contributed by atoms with Crippen LogP contribution in [0.15, 0.2) is 42.5 Å². The molecule has 188 valence electrons. The molecule has 2 aromatic carbocycles. The Morgan fingerprint density at radius 1 is 1.06 bits per heavy atom. The molecule has 12 heteroatoms. The van der Waals surface area contributed by atoms with Crippen LogP contribution in [-0.2, 0) is 4.79 Å². The molecule has 1 heterocycles. The summed E-state index contributed by atoms with van der Waals surface area (Å²) >= 11 is 11.4. The number of hydrogen-bond donors (Lipinski definition) is 2. The predicted molar refractivity (Wildman–Crippen MR) is 132 cm³/mol. The van der Waals surface area contributed by atoms with Crippen molar-refractivity contribution in [1.82, 2.24) is 10.2 Å². The summed E-state index contributed by atoms with van der Waals surface area (Å²) in [5, 5.41) is 5.95. The van der Waals surface area contributed by atoms with Crippen molar-refractivity contribution in [2.75, 3.05) is 36.4 Å². The first kappa shape index (κ1) is 26.6. The molecule has 0 atom stereocenters. The van der Waals surface area contributed by atoms with E-state index in [4.69, 9.17) is 28.6 Å². The van der Waals surface area contributed by atoms with Gasteiger partial charge in [0.05, 0.1) is 17.5 Å². The van der Waals surface area contributed by atoms with E-state index in [0.717, 1.165) is 4.90 Å². The average Bonchev–Trinajstić information content (AvgIpc) is 2.78. The monoisotopic (exact) mass is 528 g/mol. The highest BCUT2D eigenvalue weighted by Crippen LogP contribution is 2.31. The summed E-state index contributed by atoms with van der Waals surface area (Å²) in [4.78, 5) is 26.7. The Kier molecular flexibility index (Phi) is 8.44. The summed E-state index contributed by atoms with van der Waals surface area (Å²) in [5.41, 5.74) is 1.47. The van der Waals surface area contributed by atoms with Crippen LogP contribution in [0.5, 0.6) is 5.75 Å². The van der Waals surface area contributed by atoms with Gasteiger partial charge < -0.3 is 19.9 Å². The van der Waals surface area contributed by atoms with Crippen molar-refractivity contribution < 1.29 is 27.5 Å². The van der Waals surface area contributed by atoms with Crippen LogP contribution in [-0.4, -0.2) is 60.3 Å². The van der Waals surface area contributed by atoms with Gasteiger partial charge in [-0.15, -0.1) is 0 Å². The van der Waals surface area contributed by atoms with E-state index in [0.29, 0.717) is 27.7 Å². The number of benzene rings is 2. The fourth-order valence-corrected chi connectivity index (χ4v) is 3.87. The lowest BCUT2D eigenvalue weighted by Crippen LogP contribution is -2.52. The summed E-state index contributed by atoms with van der Waals surface area (Å²) in [7, 11) is 0. The zero-order chi connectivity index (χ0) is 25.8. The maximum atomic E-state index is 12.7. The third kappa shape index (κ3) is 7.22. The largest absolute Gasteiger partial charge is 0.491 e. The van der Waals surface area contributed by atoms with Gasteiger partial charge in [0, 0.05) is 36.8 Å². The number of hydrogen-bond acceptors (Lipinski definition) is 5. The molecule has 7 nitrogen and oxygen atoms in total. The molecule has 1 aliphatic heterocycles. The van der Waals surface area contributed by atoms with Gasteiger partial charge >= 0.3 is 12.1 Å². The topological polar surface area (TPSA) is 73.9 Å². The van der Waals surface area contributed by atoms with E-state index >= 15 is 0 Å². The highest BCUT2D eigenvalue weighted by Gasteiger charge is 2.43. The molecule has 2 N–H and O–H groups in total. The maximum absolute atomic E-state index is 12.7. The molecule has 0 saturated carbocycles. The van der Waals surface area contributed by atoms with Crippen molar-refractivity contribution in [3.05, 3.63) is 53.1 Å². The third-order valence-corrected chi connectivity index (χ3v) is 5.51. The number of amides is 2. The number of alkyl halides is 3. The zero-order valence-electron chi connectivity index (χ0n) is 19.0. The second-order valence-corrected chi connectivity index (χ2v) is 8.88. The molecule has 0 radical (unpaired) electrons. The van der Waals surface area contributed by atoms with Crippen molar-refractivity contribution in [3.63, 3.8) is 0 Å². The average molecular weight is 529 g/mol. The van der Waals surface area contributed by atoms with Crippen LogP contribution in [0.1, 0.15) is 24.2 Å². The minimum atomic E-state index is -4.90. The smallest absolute Gasteiger partial charge is 0.471 e. The Labute approximate surface area is 211 Å². The molecule has 35 heavy (non-hydrogen) atoms. The van der Waals surface area contributed by atoms with Crippen molar-refractivity contribution in [2.45, 2.75) is 26.1 Å². The van der Waals surface area contributed by atoms with Crippen molar-refractivity contribution in [3.8, 4) is 5.75 Å². The number of rotatable bonds is 5. The summed E-state index contributed by atoms with van der Waals surface area (Å²) < 4.78 is 43.7. The fraction of sp³-hybridized carbons (Fsp3) is 0.348. The van der Waals surface area contributed by atoms with Crippen molar-refractivity contribution >= 4 is 52.1 Å². The molecule has 2 amide bonds. The number of carbonyl (C=O) groups excluding carboxylic acids is 2. The Hall–Kier alpha value is -3.05. The molecular formula is C23H24ClF3N4O3S. The van der Waals surface area contributed by atoms with Crippen LogP contribution in [0.3, 0.4) is 0 Å². The van der Waals surface area contributed by atoms with Crippen molar-refractivity contribution in [1.29, 1.82) is 0 Å². The van der Waals surface area contributed by atoms with E-state index < -0.39 is 18.0 Å². The Bertz CT molecular complexity index is 1090. The Balaban J connectivity index is 1.64. The molecule has 0 bridgehead atoms. The van der Waals surface area contributed by atoms with Crippen LogP contribution in [0.4, 0.5) is 24.5 Å². The number of carbonyl (C=O) groups is 2. The molecule has 1 aliphatic rings. The first-order valence-corrected chi connectivity index (χ1v) is 11.5. The second-order valence-electron chi connectivity index (χ2n) is 8.04. The summed E-state index contributed by atoms with van der Waals surface area (Å²) in [6, 6.07) is 11.5. The van der Waals surface area contributed by atoms with E-state index in [1.165, 1.54) is 0 Å². The maximum Gasteiger partial charge on any atom is 0.471 e. The third-order valence-electron chi connectivity index (χ3n) is 5.07. The second kappa shape index (κ2) is 11.1. The molecule has 1 fully saturated rings. The number of ether oxygens (including phenoxy) is 1. The van der Waals surface area contributed by atoms with Gasteiger partial charge in [-0.3, -0.25) is 14.9 Å². The van der Waals surface area contributed by atoms with Gasteiger partial charge in [0.2, 0.25) is 0 Å². The first-order valence-electron chi connectivity index (χ1n) is 10.7. The minimum Gasteiger partial charge on any atom is -0.491 e. The summed E-state index contributed by atoms with van der Waals surface area (Å²) in [5.74, 6) is -1.64. The predicted octanol–water partition coefficient (Wildman–Crippen LogP) is 4.46. The number of piperazine rings is 1. The van der Waals surface area contributed by atoms with Gasteiger partial charge in [-0.1, -0.05) is 11.6 Å². The Morgan fingerprint density at radius 3 is 2.26 bits per heavy atom. The van der Waals surface area contributed by atoms with E-state index in [2.05, 4.69) is 10.6 Å². The lowest BCUT2D eigenvalue weighted by molar-refractivity contribution is -0.185. The van der Waals surface area contributed by atoms with Gasteiger partial charge in [-0.2, -0.15) is 13.2 Å². The SMILES string of the molecule is CC(C)Oc1ccc(C(=O)NC(=S)Nc2cc(Cl)ccc2N2CCN(C(=O)C(F)(F)F)CC2)cc1. The minimum absolute atomic E-state index is 0.00597. The fourth-order valence-electron chi connectivity index (χ4n) is 3.50. The number of anilines is 2. The normalized spacial score (nSPS) is 14.0. The zero-order valence-corrected chi connectivity index (χ0v) is 20.6. The highest BCUT2D eigenvalue weighted by molar-refractivity contribution is 7.80. The molecule has 0 unspecified atom stereocenters. The molecule has 0 aromatic heterocycles. The van der Waals surface area contributed by atoms with Crippen LogP contribution >= 0.6 is 23.8 Å². The number of nitrogens with zero attached hydrogens (tertiary/aromatic N) is 2. The van der Waals surface area contributed by atoms with Gasteiger partial charge in [0.15, 0.2) is 5.11 Å². The number of halogens is 4. The van der Waals surface area contributed by atoms with Gasteiger partial charge in [-0.05, 0) is 68.5 Å². The molecule has 1 saturated heterocycles. The van der Waals surface area contributed by atoms with Crippen LogP contribution in [0.25, 0.3) is 0 Å².